The van der Waals surface area contributed by atoms with E-state index in [4.69, 9.17) is 0 Å². The molecule has 0 spiro atoms. The number of nitrogens with one attached hydrogen (secondary N) is 1. The molecule has 32 heavy (non-hydrogen) atoms. The molecule has 0 unspecified atom stereocenters. The molecule has 0 bridgehead atoms. The van der Waals surface area contributed by atoms with E-state index >= 15 is 0 Å². The van der Waals surface area contributed by atoms with Crippen molar-refractivity contribution in [1.29, 1.82) is 0 Å². The molecule has 0 aromatic heterocycles. The molecule has 0 heterocycles. The van der Waals surface area contributed by atoms with Gasteiger partial charge < -0.3 is 0 Å². The van der Waals surface area contributed by atoms with E-state index in [0.29, 0.717) is 16.8 Å². The first-order valence-electron chi connectivity index (χ1n) is 9.49. The van der Waals surface area contributed by atoms with Gasteiger partial charge in [0, 0.05) is 12.1 Å². The maximum Gasteiger partial charge on any atom is 0.269 e. The van der Waals surface area contributed by atoms with Gasteiger partial charge in [-0.05, 0) is 48.4 Å². The van der Waals surface area contributed by atoms with Crippen molar-refractivity contribution in [2.45, 2.75) is 11.8 Å². The number of hydrazone groups is 1. The topological polar surface area (TPSA) is 122 Å². The smallest absolute Gasteiger partial charge is 0.269 e. The minimum absolute atomic E-state index is 0.0606. The molecule has 0 aliphatic heterocycles. The van der Waals surface area contributed by atoms with Crippen LogP contribution in [0.5, 0.6) is 0 Å². The van der Waals surface area contributed by atoms with Gasteiger partial charge in [0.05, 0.1) is 21.7 Å². The number of carbonyl (C=O) groups excluding carboxylic acids is 1. The molecule has 164 valence electrons. The van der Waals surface area contributed by atoms with E-state index in [1.807, 2.05) is 0 Å². The van der Waals surface area contributed by atoms with Gasteiger partial charge in [-0.1, -0.05) is 36.4 Å². The second kappa shape index (κ2) is 9.84. The lowest BCUT2D eigenvalue weighted by Crippen LogP contribution is -2.40. The van der Waals surface area contributed by atoms with Crippen LogP contribution in [0, 0.1) is 17.0 Å². The van der Waals surface area contributed by atoms with Crippen LogP contribution in [-0.2, 0) is 14.8 Å². The Morgan fingerprint density at radius 3 is 2.28 bits per heavy atom. The molecule has 3 aromatic carbocycles. The Balaban J connectivity index is 1.80. The summed E-state index contributed by atoms with van der Waals surface area (Å²) < 4.78 is 27.5. The van der Waals surface area contributed by atoms with Gasteiger partial charge in [0.15, 0.2) is 0 Å². The molecule has 0 aliphatic carbocycles. The second-order valence-corrected chi connectivity index (χ2v) is 8.62. The Kier molecular flexibility index (Phi) is 6.96. The molecule has 0 saturated heterocycles. The third-order valence-corrected chi connectivity index (χ3v) is 6.28. The fraction of sp³-hybridized carbons (Fsp3) is 0.0909. The third kappa shape index (κ3) is 5.35. The van der Waals surface area contributed by atoms with Crippen LogP contribution in [-0.4, -0.2) is 32.0 Å². The number of benzene rings is 3. The zero-order chi connectivity index (χ0) is 23.1. The molecule has 3 aromatic rings. The highest BCUT2D eigenvalue weighted by atomic mass is 32.2. The van der Waals surface area contributed by atoms with Crippen molar-refractivity contribution < 1.29 is 18.1 Å². The summed E-state index contributed by atoms with van der Waals surface area (Å²) in [6, 6.07) is 20.3. The summed E-state index contributed by atoms with van der Waals surface area (Å²) in [6.07, 6.45) is 1.31. The van der Waals surface area contributed by atoms with Crippen LogP contribution < -0.4 is 9.73 Å². The number of nitrogens with zero attached hydrogens (tertiary/aromatic N) is 3. The van der Waals surface area contributed by atoms with Crippen LogP contribution in [0.2, 0.25) is 0 Å². The first-order valence-corrected chi connectivity index (χ1v) is 10.9. The zero-order valence-electron chi connectivity index (χ0n) is 17.1. The lowest BCUT2D eigenvalue weighted by atomic mass is 10.2. The molecule has 10 heteroatoms. The van der Waals surface area contributed by atoms with E-state index < -0.39 is 27.4 Å². The molecular weight excluding hydrogens is 432 g/mol. The number of hydrogen-bond acceptors (Lipinski definition) is 6. The molecule has 1 N–H and O–H groups in total. The van der Waals surface area contributed by atoms with Gasteiger partial charge in [-0.2, -0.15) is 5.10 Å². The SMILES string of the molecule is Cc1ccccc1N(CC(=O)N/N=C\c1ccc([N+](=O)[O-])cc1)S(=O)(=O)c1ccccc1. The lowest BCUT2D eigenvalue weighted by Gasteiger charge is -2.25. The second-order valence-electron chi connectivity index (χ2n) is 6.75. The quantitative estimate of drug-likeness (QED) is 0.319. The molecule has 1 amide bonds. The highest BCUT2D eigenvalue weighted by Crippen LogP contribution is 2.26. The number of sulfonamides is 1. The van der Waals surface area contributed by atoms with Gasteiger partial charge in [0.25, 0.3) is 21.6 Å². The van der Waals surface area contributed by atoms with Gasteiger partial charge in [-0.15, -0.1) is 0 Å². The van der Waals surface area contributed by atoms with Crippen LogP contribution in [0.25, 0.3) is 0 Å². The van der Waals surface area contributed by atoms with E-state index in [1.165, 1.54) is 42.6 Å². The fourth-order valence-electron chi connectivity index (χ4n) is 2.89. The summed E-state index contributed by atoms with van der Waals surface area (Å²) in [5, 5.41) is 14.5. The molecule has 0 saturated carbocycles. The average Bonchev–Trinajstić information content (AvgIpc) is 2.79. The first kappa shape index (κ1) is 22.6. The maximum absolute atomic E-state index is 13.3. The number of hydrogen-bond donors (Lipinski definition) is 1. The van der Waals surface area contributed by atoms with Gasteiger partial charge >= 0.3 is 0 Å². The average molecular weight is 452 g/mol. The molecular formula is C22H20N4O5S. The van der Waals surface area contributed by atoms with Gasteiger partial charge in [-0.25, -0.2) is 13.8 Å². The fourth-order valence-corrected chi connectivity index (χ4v) is 4.40. The molecule has 3 rings (SSSR count). The van der Waals surface area contributed by atoms with Crippen LogP contribution >= 0.6 is 0 Å². The zero-order valence-corrected chi connectivity index (χ0v) is 17.9. The van der Waals surface area contributed by atoms with Crippen molar-refractivity contribution in [2.24, 2.45) is 5.10 Å². The number of non-ortho nitro benzene ring substituents is 1. The Bertz CT molecular complexity index is 1240. The predicted molar refractivity (Wildman–Crippen MR) is 121 cm³/mol. The summed E-state index contributed by atoms with van der Waals surface area (Å²) in [5.74, 6) is -0.647. The van der Waals surface area contributed by atoms with Crippen molar-refractivity contribution in [3.63, 3.8) is 0 Å². The predicted octanol–water partition coefficient (Wildman–Crippen LogP) is 3.25. The van der Waals surface area contributed by atoms with Gasteiger partial charge in [-0.3, -0.25) is 19.2 Å². The summed E-state index contributed by atoms with van der Waals surface area (Å²) >= 11 is 0. The standard InChI is InChI=1S/C22H20N4O5S/c1-17-7-5-6-10-21(17)25(32(30,31)20-8-3-2-4-9-20)16-22(27)24-23-15-18-11-13-19(14-12-18)26(28)29/h2-15H,16H2,1H3,(H,24,27)/b23-15-. The monoisotopic (exact) mass is 452 g/mol. The van der Waals surface area contributed by atoms with Crippen molar-refractivity contribution in [2.75, 3.05) is 10.8 Å². The van der Waals surface area contributed by atoms with E-state index in [-0.39, 0.29) is 10.6 Å². The van der Waals surface area contributed by atoms with Crippen LogP contribution in [0.3, 0.4) is 0 Å². The lowest BCUT2D eigenvalue weighted by molar-refractivity contribution is -0.384. The Labute approximate surface area is 185 Å². The summed E-state index contributed by atoms with van der Waals surface area (Å²) in [7, 11) is -4.01. The molecule has 0 atom stereocenters. The van der Waals surface area contributed by atoms with Crippen molar-refractivity contribution in [1.82, 2.24) is 5.43 Å². The van der Waals surface area contributed by atoms with E-state index in [1.54, 1.807) is 49.4 Å². The number of para-hydroxylation sites is 1. The molecule has 0 fully saturated rings. The number of nitro benzene ring substituents is 1. The minimum Gasteiger partial charge on any atom is -0.271 e. The van der Waals surface area contributed by atoms with Crippen LogP contribution in [0.4, 0.5) is 11.4 Å². The summed E-state index contributed by atoms with van der Waals surface area (Å²) in [5.41, 5.74) is 3.84. The van der Waals surface area contributed by atoms with Crippen molar-refractivity contribution in [3.05, 3.63) is 100 Å². The number of nitro groups is 1. The number of amides is 1. The Hall–Kier alpha value is -4.05. The Morgan fingerprint density at radius 1 is 1.03 bits per heavy atom. The van der Waals surface area contributed by atoms with Gasteiger partial charge in [0.2, 0.25) is 0 Å². The number of aryl methyl sites for hydroxylation is 1. The van der Waals surface area contributed by atoms with Gasteiger partial charge in [0.1, 0.15) is 6.54 Å². The molecule has 9 nitrogen and oxygen atoms in total. The van der Waals surface area contributed by atoms with E-state index in [0.717, 1.165) is 4.31 Å². The normalized spacial score (nSPS) is 11.3. The summed E-state index contributed by atoms with van der Waals surface area (Å²) in [6.45, 7) is 1.27. The summed E-state index contributed by atoms with van der Waals surface area (Å²) in [4.78, 5) is 22.8. The highest BCUT2D eigenvalue weighted by molar-refractivity contribution is 7.92. The molecule has 0 radical (unpaired) electrons. The van der Waals surface area contributed by atoms with E-state index in [2.05, 4.69) is 10.5 Å². The molecule has 0 aliphatic rings. The Morgan fingerprint density at radius 2 is 1.66 bits per heavy atom. The number of carbonyl (C=O) groups is 1. The van der Waals surface area contributed by atoms with Crippen molar-refractivity contribution >= 4 is 33.5 Å². The van der Waals surface area contributed by atoms with Crippen LogP contribution in [0.1, 0.15) is 11.1 Å². The maximum atomic E-state index is 13.3. The van der Waals surface area contributed by atoms with Crippen molar-refractivity contribution in [3.8, 4) is 0 Å². The number of rotatable bonds is 8. The highest BCUT2D eigenvalue weighted by Gasteiger charge is 2.27. The van der Waals surface area contributed by atoms with E-state index in [9.17, 15) is 23.3 Å². The largest absolute Gasteiger partial charge is 0.271 e. The first-order chi connectivity index (χ1) is 15.3. The van der Waals surface area contributed by atoms with Crippen LogP contribution in [0.15, 0.2) is 88.9 Å². The third-order valence-electron chi connectivity index (χ3n) is 4.51. The minimum atomic E-state index is -4.01. The number of anilines is 1.